The predicted molar refractivity (Wildman–Crippen MR) is 213 cm³/mol. The van der Waals surface area contributed by atoms with E-state index in [4.69, 9.17) is 24.7 Å². The highest BCUT2D eigenvalue weighted by Gasteiger charge is 2.22. The molecule has 50 heavy (non-hydrogen) atoms. The third-order valence-corrected chi connectivity index (χ3v) is 7.27. The van der Waals surface area contributed by atoms with Gasteiger partial charge in [0.1, 0.15) is 29.6 Å². The molecule has 2 N–H and O–H groups in total. The fourth-order valence-electron chi connectivity index (χ4n) is 3.95. The topological polar surface area (TPSA) is 102 Å². The van der Waals surface area contributed by atoms with Crippen molar-refractivity contribution in [1.82, 2.24) is 14.7 Å². The van der Waals surface area contributed by atoms with Crippen LogP contribution < -0.4 is 14.8 Å². The quantitative estimate of drug-likeness (QED) is 0.0930. The number of nitrogens with one attached hydrogen (secondary N) is 2. The number of allylic oxidation sites excluding steroid dienone is 1. The first-order valence-corrected chi connectivity index (χ1v) is 17.5. The number of hydrogen-bond acceptors (Lipinski definition) is 8. The standard InChI is InChI=1S/C25H30N4O3.C7H13NO.C5H12.C4H10/c1-7-27-25-23(18(4)26)24(19-9-8-16(2)22(15-19)31-6)28-29(25)20-10-11-21(17(3)14-20)32-13-12-30-5;1-7(9)5-4-6-8(2)3;1-4-5(2)3;1-3-4-2/h7-11,14-15,26-27H,1,12-13H2,2-6H3;4-5H,6H2,1-3H3;5H,4H2,1-3H3;3-4H2,1-2H3/b;5-4+;;. The first-order valence-electron chi connectivity index (χ1n) is 17.5. The number of likely N-dealkylation sites (N-methyl/N-ethyl adjacent to an activating group) is 1. The molecule has 0 unspecified atom stereocenters. The molecular weight excluding hydrogens is 626 g/mol. The van der Waals surface area contributed by atoms with E-state index < -0.39 is 0 Å². The molecule has 0 aliphatic carbocycles. The summed E-state index contributed by atoms with van der Waals surface area (Å²) in [7, 11) is 7.22. The number of rotatable bonds is 15. The zero-order chi connectivity index (χ0) is 38.2. The van der Waals surface area contributed by atoms with E-state index in [2.05, 4.69) is 46.5 Å². The van der Waals surface area contributed by atoms with Crippen molar-refractivity contribution in [3.8, 4) is 28.4 Å². The van der Waals surface area contributed by atoms with Gasteiger partial charge in [0.25, 0.3) is 0 Å². The van der Waals surface area contributed by atoms with Crippen LogP contribution in [0.1, 0.15) is 84.4 Å². The molecule has 278 valence electrons. The molecule has 0 spiro atoms. The van der Waals surface area contributed by atoms with E-state index in [1.54, 1.807) is 45.0 Å². The number of nitrogens with zero attached hydrogens (tertiary/aromatic N) is 3. The van der Waals surface area contributed by atoms with Gasteiger partial charge in [0, 0.05) is 24.9 Å². The van der Waals surface area contributed by atoms with Crippen molar-refractivity contribution >= 4 is 17.3 Å². The number of carbonyl (C=O) groups excluding carboxylic acids is 1. The first kappa shape index (κ1) is 45.8. The number of aryl methyl sites for hydroxylation is 2. The van der Waals surface area contributed by atoms with Crippen LogP contribution in [0.25, 0.3) is 16.9 Å². The average Bonchev–Trinajstić information content (AvgIpc) is 3.45. The number of aromatic nitrogens is 2. The molecule has 0 radical (unpaired) electrons. The molecule has 2 aromatic carbocycles. The lowest BCUT2D eigenvalue weighted by Gasteiger charge is -2.12. The Bertz CT molecular complexity index is 1470. The summed E-state index contributed by atoms with van der Waals surface area (Å²) < 4.78 is 18.1. The van der Waals surface area contributed by atoms with E-state index in [0.717, 1.165) is 46.3 Å². The number of ether oxygens (including phenoxy) is 3. The summed E-state index contributed by atoms with van der Waals surface area (Å²) in [6, 6.07) is 11.8. The minimum atomic E-state index is 0.108. The van der Waals surface area contributed by atoms with Crippen LogP contribution in [-0.4, -0.2) is 74.2 Å². The van der Waals surface area contributed by atoms with Gasteiger partial charge in [-0.05, 0) is 95.4 Å². The molecule has 1 aromatic heterocycles. The van der Waals surface area contributed by atoms with E-state index in [1.165, 1.54) is 19.3 Å². The maximum Gasteiger partial charge on any atom is 0.152 e. The Labute approximate surface area is 303 Å². The summed E-state index contributed by atoms with van der Waals surface area (Å²) in [5.74, 6) is 3.24. The molecule has 0 saturated heterocycles. The number of hydrogen-bond donors (Lipinski definition) is 2. The van der Waals surface area contributed by atoms with Crippen LogP contribution in [0.3, 0.4) is 0 Å². The molecule has 9 heteroatoms. The maximum absolute atomic E-state index is 10.3. The number of unbranched alkanes of at least 4 members (excludes halogenated alkanes) is 1. The molecule has 3 rings (SSSR count). The van der Waals surface area contributed by atoms with Gasteiger partial charge in [-0.25, -0.2) is 4.68 Å². The van der Waals surface area contributed by atoms with E-state index in [9.17, 15) is 4.79 Å². The normalized spacial score (nSPS) is 10.4. The highest BCUT2D eigenvalue weighted by atomic mass is 16.5. The fourth-order valence-corrected chi connectivity index (χ4v) is 3.95. The lowest BCUT2D eigenvalue weighted by atomic mass is 10.0. The first-order chi connectivity index (χ1) is 23.7. The second-order valence-electron chi connectivity index (χ2n) is 12.5. The molecule has 0 fully saturated rings. The second-order valence-corrected chi connectivity index (χ2v) is 12.5. The summed E-state index contributed by atoms with van der Waals surface area (Å²) in [5, 5.41) is 16.5. The summed E-state index contributed by atoms with van der Waals surface area (Å²) in [5.41, 5.74) is 5.52. The summed E-state index contributed by atoms with van der Waals surface area (Å²) >= 11 is 0. The van der Waals surface area contributed by atoms with Gasteiger partial charge in [-0.3, -0.25) is 4.79 Å². The number of ketones is 1. The number of methoxy groups -OCH3 is 2. The number of benzene rings is 2. The van der Waals surface area contributed by atoms with Crippen molar-refractivity contribution in [2.45, 2.75) is 81.6 Å². The van der Waals surface area contributed by atoms with Gasteiger partial charge < -0.3 is 29.8 Å². The van der Waals surface area contributed by atoms with Crippen molar-refractivity contribution < 1.29 is 19.0 Å². The predicted octanol–water partition coefficient (Wildman–Crippen LogP) is 9.69. The van der Waals surface area contributed by atoms with Gasteiger partial charge >= 0.3 is 0 Å². The maximum atomic E-state index is 10.3. The summed E-state index contributed by atoms with van der Waals surface area (Å²) in [4.78, 5) is 12.3. The molecule has 9 nitrogen and oxygen atoms in total. The van der Waals surface area contributed by atoms with E-state index in [-0.39, 0.29) is 5.78 Å². The van der Waals surface area contributed by atoms with Crippen LogP contribution in [0.15, 0.2) is 61.3 Å². The number of anilines is 1. The van der Waals surface area contributed by atoms with Crippen LogP contribution in [0.4, 0.5) is 5.82 Å². The molecule has 1 heterocycles. The van der Waals surface area contributed by atoms with Crippen molar-refractivity contribution in [3.63, 3.8) is 0 Å². The molecule has 0 aliphatic rings. The second kappa shape index (κ2) is 25.7. The van der Waals surface area contributed by atoms with Crippen molar-refractivity contribution in [3.05, 3.63) is 78.0 Å². The smallest absolute Gasteiger partial charge is 0.152 e. The molecule has 0 saturated carbocycles. The molecule has 0 aliphatic heterocycles. The third kappa shape index (κ3) is 16.9. The van der Waals surface area contributed by atoms with Crippen LogP contribution in [0.5, 0.6) is 11.5 Å². The SMILES string of the molecule is C=CNc1c(C(C)=N)c(-c2ccc(C)c(OC)c2)nn1-c1ccc(OCCOC)c(C)c1.CC(=O)/C=C/CN(C)C.CCC(C)C.CCCC. The van der Waals surface area contributed by atoms with Crippen LogP contribution in [-0.2, 0) is 9.53 Å². The van der Waals surface area contributed by atoms with Gasteiger partial charge in [-0.15, -0.1) is 0 Å². The number of carbonyl (C=O) groups is 1. The van der Waals surface area contributed by atoms with Gasteiger partial charge in [0.15, 0.2) is 5.78 Å². The van der Waals surface area contributed by atoms with Gasteiger partial charge in [-0.2, -0.15) is 5.10 Å². The molecule has 0 bridgehead atoms. The molecular formula is C41H65N5O4. The zero-order valence-electron chi connectivity index (χ0n) is 33.2. The van der Waals surface area contributed by atoms with Gasteiger partial charge in [0.2, 0.25) is 0 Å². The Morgan fingerprint density at radius 1 is 1.00 bits per heavy atom. The van der Waals surface area contributed by atoms with Crippen molar-refractivity contribution in [2.24, 2.45) is 5.92 Å². The molecule has 0 amide bonds. The van der Waals surface area contributed by atoms with E-state index >= 15 is 0 Å². The van der Waals surface area contributed by atoms with Crippen LogP contribution in [0, 0.1) is 25.2 Å². The Kier molecular flexibility index (Phi) is 23.6. The van der Waals surface area contributed by atoms with Gasteiger partial charge in [-0.1, -0.05) is 78.7 Å². The fraction of sp³-hybridized carbons (Fsp3) is 0.488. The lowest BCUT2D eigenvalue weighted by molar-refractivity contribution is -0.112. The molecule has 3 aromatic rings. The monoisotopic (exact) mass is 692 g/mol. The Morgan fingerprint density at radius 2 is 1.64 bits per heavy atom. The van der Waals surface area contributed by atoms with E-state index in [1.807, 2.05) is 75.3 Å². The Morgan fingerprint density at radius 3 is 2.10 bits per heavy atom. The van der Waals surface area contributed by atoms with Crippen LogP contribution >= 0.6 is 0 Å². The average molecular weight is 692 g/mol. The van der Waals surface area contributed by atoms with Crippen molar-refractivity contribution in [1.29, 1.82) is 5.41 Å². The Balaban J connectivity index is 0.00000110. The largest absolute Gasteiger partial charge is 0.496 e. The van der Waals surface area contributed by atoms with Gasteiger partial charge in [0.05, 0.1) is 25.0 Å². The van der Waals surface area contributed by atoms with E-state index in [0.29, 0.717) is 36.0 Å². The Hall–Kier alpha value is -4.21. The minimum absolute atomic E-state index is 0.108. The third-order valence-electron chi connectivity index (χ3n) is 7.27. The minimum Gasteiger partial charge on any atom is -0.496 e. The highest BCUT2D eigenvalue weighted by molar-refractivity contribution is 6.06. The van der Waals surface area contributed by atoms with Crippen LogP contribution in [0.2, 0.25) is 0 Å². The highest BCUT2D eigenvalue weighted by Crippen LogP contribution is 2.35. The zero-order valence-corrected chi connectivity index (χ0v) is 33.2. The molecule has 0 atom stereocenters. The summed E-state index contributed by atoms with van der Waals surface area (Å²) in [6.07, 6.45) is 8.97. The van der Waals surface area contributed by atoms with Crippen molar-refractivity contribution in [2.75, 3.05) is 53.4 Å². The lowest BCUT2D eigenvalue weighted by Crippen LogP contribution is -2.10. The summed E-state index contributed by atoms with van der Waals surface area (Å²) in [6.45, 7) is 23.9.